The molecule has 0 saturated carbocycles. The first kappa shape index (κ1) is 47.2. The highest BCUT2D eigenvalue weighted by molar-refractivity contribution is 7.26. The molecule has 0 saturated heterocycles. The van der Waals surface area contributed by atoms with Gasteiger partial charge in [0.05, 0.1) is 11.4 Å². The number of hydrogen-bond donors (Lipinski definition) is 0. The Kier molecular flexibility index (Phi) is 11.5. The van der Waals surface area contributed by atoms with Crippen LogP contribution in [0.5, 0.6) is 0 Å². The van der Waals surface area contributed by atoms with Crippen LogP contribution < -0.4 is 0 Å². The van der Waals surface area contributed by atoms with E-state index < -0.39 is 0 Å². The summed E-state index contributed by atoms with van der Waals surface area (Å²) in [5, 5.41) is 11.5. The summed E-state index contributed by atoms with van der Waals surface area (Å²) in [7, 11) is 0. The van der Waals surface area contributed by atoms with E-state index in [1.165, 1.54) is 47.6 Å². The summed E-state index contributed by atoms with van der Waals surface area (Å²) >= 11 is 1.86. The van der Waals surface area contributed by atoms with E-state index in [9.17, 15) is 0 Å². The molecule has 0 fully saturated rings. The second kappa shape index (κ2) is 19.5. The van der Waals surface area contributed by atoms with Crippen LogP contribution in [-0.4, -0.2) is 24.9 Å². The third kappa shape index (κ3) is 7.86. The van der Waals surface area contributed by atoms with Crippen molar-refractivity contribution in [1.82, 2.24) is 24.9 Å². The van der Waals surface area contributed by atoms with Crippen LogP contribution >= 0.6 is 11.3 Å². The van der Waals surface area contributed by atoms with Gasteiger partial charge in [-0.05, 0) is 109 Å². The summed E-state index contributed by atoms with van der Waals surface area (Å²) in [5.74, 6) is 2.68. The standard InChI is InChI=1S/C74H49N5S/c1-3-51-69(46-24-7-4-8-25-46)75-71(47-26-9-5-10-27-47)76-70(51)67-56-35-17-15-33-54(56)65(55-34-16-18-36-57(55)67)61-39-22-40-62-66(61)60-42-41-49(44-63(60)80-62)64-52-31-13-19-37-58(52)68(59-38-20-14-32-53(59)64)74-78-72(48-28-11-6-12-29-48)77-73(79-74)50-30-21-23-45(2)43-50/h3-9,11-26,28-44H,1,10,27H2,2H3. The van der Waals surface area contributed by atoms with Crippen LogP contribution in [0.1, 0.15) is 29.8 Å². The average Bonchev–Trinajstić information content (AvgIpc) is 4.01. The van der Waals surface area contributed by atoms with Crippen molar-refractivity contribution in [3.63, 3.8) is 0 Å². The topological polar surface area (TPSA) is 64.5 Å². The summed E-state index contributed by atoms with van der Waals surface area (Å²) in [5.41, 5.74) is 14.7. The minimum atomic E-state index is 0.639. The quantitative estimate of drug-likeness (QED) is 0.135. The first-order valence-electron chi connectivity index (χ1n) is 27.2. The fraction of sp³-hybridized carbons (Fsp3) is 0.0405. The molecular weight excluding hydrogens is 991 g/mol. The lowest BCUT2D eigenvalue weighted by atomic mass is 9.84. The molecular formula is C74H49N5S. The second-order valence-electron chi connectivity index (χ2n) is 20.6. The smallest absolute Gasteiger partial charge is 0.165 e. The van der Waals surface area contributed by atoms with Crippen LogP contribution in [0, 0.1) is 6.92 Å². The minimum absolute atomic E-state index is 0.639. The van der Waals surface area contributed by atoms with Crippen LogP contribution in [0.4, 0.5) is 0 Å². The first-order valence-corrected chi connectivity index (χ1v) is 28.1. The SMILES string of the molecule is C=Cc1c(-c2ccccc2)nc(C2=CC=CCC2)nc1-c1c2ccccc2c(-c2cccc3sc4cc(-c5c6ccccc6c(-c6nc(-c7ccccc7)nc(-c7cccc(C)c7)n6)c6ccccc56)ccc4c23)c2ccccc12. The van der Waals surface area contributed by atoms with Gasteiger partial charge in [0.2, 0.25) is 0 Å². The third-order valence-electron chi connectivity index (χ3n) is 15.8. The van der Waals surface area contributed by atoms with Gasteiger partial charge in [0.1, 0.15) is 0 Å². The Labute approximate surface area is 467 Å². The molecule has 0 spiro atoms. The summed E-state index contributed by atoms with van der Waals surface area (Å²) < 4.78 is 2.46. The Morgan fingerprint density at radius 1 is 0.400 bits per heavy atom. The summed E-state index contributed by atoms with van der Waals surface area (Å²) in [6, 6.07) is 78.3. The average molecular weight is 1040 g/mol. The number of nitrogens with zero attached hydrogens (tertiary/aromatic N) is 5. The molecule has 11 aromatic carbocycles. The lowest BCUT2D eigenvalue weighted by Gasteiger charge is -2.21. The van der Waals surface area contributed by atoms with Crippen molar-refractivity contribution in [1.29, 1.82) is 0 Å². The van der Waals surface area contributed by atoms with E-state index in [4.69, 9.17) is 24.9 Å². The Bertz CT molecular complexity index is 4800. The molecule has 0 unspecified atom stereocenters. The van der Waals surface area contributed by atoms with Crippen molar-refractivity contribution in [2.75, 3.05) is 0 Å². The highest BCUT2D eigenvalue weighted by Gasteiger charge is 2.26. The highest BCUT2D eigenvalue weighted by Crippen LogP contribution is 2.51. The molecule has 0 amide bonds. The van der Waals surface area contributed by atoms with Gasteiger partial charge in [0, 0.05) is 53.6 Å². The summed E-state index contributed by atoms with van der Waals surface area (Å²) in [6.07, 6.45) is 10.3. The van der Waals surface area contributed by atoms with Gasteiger partial charge in [-0.15, -0.1) is 11.3 Å². The molecule has 14 aromatic rings. The zero-order valence-corrected chi connectivity index (χ0v) is 44.7. The van der Waals surface area contributed by atoms with Crippen LogP contribution in [-0.2, 0) is 0 Å². The zero-order valence-electron chi connectivity index (χ0n) is 43.9. The van der Waals surface area contributed by atoms with E-state index in [0.717, 1.165) is 112 Å². The molecule has 15 rings (SSSR count). The minimum Gasteiger partial charge on any atom is -0.228 e. The van der Waals surface area contributed by atoms with Crippen molar-refractivity contribution in [3.05, 3.63) is 260 Å². The first-order chi connectivity index (χ1) is 39.6. The Morgan fingerprint density at radius 2 is 0.938 bits per heavy atom. The molecule has 0 radical (unpaired) electrons. The second-order valence-corrected chi connectivity index (χ2v) is 21.7. The zero-order chi connectivity index (χ0) is 53.3. The Hall–Kier alpha value is -10.0. The predicted octanol–water partition coefficient (Wildman–Crippen LogP) is 20.0. The number of allylic oxidation sites excluding steroid dienone is 4. The number of fused-ring (bicyclic) bond motifs is 7. The van der Waals surface area contributed by atoms with E-state index in [0.29, 0.717) is 17.5 Å². The Morgan fingerprint density at radius 3 is 1.55 bits per heavy atom. The van der Waals surface area contributed by atoms with Crippen molar-refractivity contribution < 1.29 is 0 Å². The fourth-order valence-electron chi connectivity index (χ4n) is 12.3. The van der Waals surface area contributed by atoms with Gasteiger partial charge in [-0.2, -0.15) is 0 Å². The maximum atomic E-state index is 5.54. The number of hydrogen-bond acceptors (Lipinski definition) is 6. The van der Waals surface area contributed by atoms with Gasteiger partial charge in [0.25, 0.3) is 0 Å². The van der Waals surface area contributed by atoms with E-state index >= 15 is 0 Å². The van der Waals surface area contributed by atoms with Crippen LogP contribution in [0.25, 0.3) is 154 Å². The number of thiophene rings is 1. The van der Waals surface area contributed by atoms with Gasteiger partial charge in [-0.1, -0.05) is 237 Å². The van der Waals surface area contributed by atoms with Gasteiger partial charge in [0.15, 0.2) is 23.3 Å². The lowest BCUT2D eigenvalue weighted by Crippen LogP contribution is -2.04. The lowest BCUT2D eigenvalue weighted by molar-refractivity contribution is 1.01. The number of aryl methyl sites for hydroxylation is 1. The molecule has 376 valence electrons. The molecule has 0 aliphatic heterocycles. The molecule has 3 heterocycles. The monoisotopic (exact) mass is 1040 g/mol. The predicted molar refractivity (Wildman–Crippen MR) is 338 cm³/mol. The van der Waals surface area contributed by atoms with E-state index in [1.807, 2.05) is 35.6 Å². The van der Waals surface area contributed by atoms with Crippen molar-refractivity contribution in [2.45, 2.75) is 19.8 Å². The van der Waals surface area contributed by atoms with Gasteiger partial charge >= 0.3 is 0 Å². The number of benzene rings is 11. The maximum Gasteiger partial charge on any atom is 0.165 e. The number of aromatic nitrogens is 5. The molecule has 1 aliphatic rings. The summed E-state index contributed by atoms with van der Waals surface area (Å²) in [4.78, 5) is 26.5. The maximum absolute atomic E-state index is 5.54. The number of rotatable bonds is 9. The third-order valence-corrected chi connectivity index (χ3v) is 16.9. The van der Waals surface area contributed by atoms with Gasteiger partial charge < -0.3 is 0 Å². The van der Waals surface area contributed by atoms with Crippen LogP contribution in [0.3, 0.4) is 0 Å². The van der Waals surface area contributed by atoms with Crippen LogP contribution in [0.2, 0.25) is 0 Å². The molecule has 6 heteroatoms. The van der Waals surface area contributed by atoms with Crippen molar-refractivity contribution >= 4 is 86.2 Å². The largest absolute Gasteiger partial charge is 0.228 e. The van der Waals surface area contributed by atoms with Crippen molar-refractivity contribution in [2.24, 2.45) is 0 Å². The highest BCUT2D eigenvalue weighted by atomic mass is 32.1. The molecule has 80 heavy (non-hydrogen) atoms. The molecule has 0 atom stereocenters. The van der Waals surface area contributed by atoms with Crippen molar-refractivity contribution in [3.8, 4) is 78.9 Å². The fourth-order valence-corrected chi connectivity index (χ4v) is 13.4. The summed E-state index contributed by atoms with van der Waals surface area (Å²) in [6.45, 7) is 6.52. The Balaban J connectivity index is 0.929. The van der Waals surface area contributed by atoms with Gasteiger partial charge in [-0.3, -0.25) is 0 Å². The molecule has 5 nitrogen and oxygen atoms in total. The molecule has 1 aliphatic carbocycles. The van der Waals surface area contributed by atoms with E-state index in [-0.39, 0.29) is 0 Å². The van der Waals surface area contributed by atoms with Gasteiger partial charge in [-0.25, -0.2) is 24.9 Å². The molecule has 0 bridgehead atoms. The molecule has 3 aromatic heterocycles. The molecule has 0 N–H and O–H groups in total. The van der Waals surface area contributed by atoms with E-state index in [2.05, 4.69) is 232 Å². The van der Waals surface area contributed by atoms with Crippen LogP contribution in [0.15, 0.2) is 243 Å². The van der Waals surface area contributed by atoms with E-state index in [1.54, 1.807) is 0 Å². The normalized spacial score (nSPS) is 12.5.